The van der Waals surface area contributed by atoms with Crippen molar-refractivity contribution in [2.75, 3.05) is 7.11 Å². The monoisotopic (exact) mass is 290 g/mol. The number of hydrogen-bond acceptors (Lipinski definition) is 2. The fourth-order valence-corrected chi connectivity index (χ4v) is 2.88. The van der Waals surface area contributed by atoms with Gasteiger partial charge in [0.15, 0.2) is 0 Å². The van der Waals surface area contributed by atoms with Crippen molar-refractivity contribution in [2.24, 2.45) is 0 Å². The number of carbonyl (C=O) groups is 1. The maximum atomic E-state index is 12.1. The molecule has 2 aromatic heterocycles. The summed E-state index contributed by atoms with van der Waals surface area (Å²) in [6, 6.07) is 18.0. The zero-order valence-electron chi connectivity index (χ0n) is 12.0. The topological polar surface area (TPSA) is 57.9 Å². The van der Waals surface area contributed by atoms with Gasteiger partial charge in [-0.15, -0.1) is 0 Å². The van der Waals surface area contributed by atoms with E-state index in [4.69, 9.17) is 4.74 Å². The molecular formula is C18H14N2O2. The van der Waals surface area contributed by atoms with E-state index in [1.54, 1.807) is 0 Å². The molecule has 22 heavy (non-hydrogen) atoms. The SMILES string of the molecule is COC(=O)c1[nH]c2ccccc2c1-c1cc2ccccc2[nH]1. The first-order valence-corrected chi connectivity index (χ1v) is 7.05. The Morgan fingerprint density at radius 1 is 0.955 bits per heavy atom. The molecule has 0 spiro atoms. The molecule has 108 valence electrons. The van der Waals surface area contributed by atoms with Gasteiger partial charge in [-0.1, -0.05) is 36.4 Å². The number of para-hydroxylation sites is 2. The Morgan fingerprint density at radius 3 is 2.45 bits per heavy atom. The average Bonchev–Trinajstić information content (AvgIpc) is 3.14. The summed E-state index contributed by atoms with van der Waals surface area (Å²) in [6.07, 6.45) is 0. The van der Waals surface area contributed by atoms with Crippen LogP contribution in [0.1, 0.15) is 10.5 Å². The Kier molecular flexibility index (Phi) is 2.76. The van der Waals surface area contributed by atoms with Gasteiger partial charge in [0.1, 0.15) is 5.69 Å². The van der Waals surface area contributed by atoms with Crippen molar-refractivity contribution in [1.82, 2.24) is 9.97 Å². The Hall–Kier alpha value is -3.01. The van der Waals surface area contributed by atoms with Gasteiger partial charge in [0.2, 0.25) is 0 Å². The van der Waals surface area contributed by atoms with Gasteiger partial charge >= 0.3 is 5.97 Å². The smallest absolute Gasteiger partial charge is 0.355 e. The van der Waals surface area contributed by atoms with Gasteiger partial charge in [-0.3, -0.25) is 0 Å². The van der Waals surface area contributed by atoms with Crippen LogP contribution >= 0.6 is 0 Å². The molecule has 2 aromatic carbocycles. The molecule has 0 amide bonds. The molecule has 0 saturated heterocycles. The molecule has 2 heterocycles. The van der Waals surface area contributed by atoms with Gasteiger partial charge in [0, 0.05) is 33.1 Å². The van der Waals surface area contributed by atoms with E-state index in [9.17, 15) is 4.79 Å². The number of benzene rings is 2. The number of fused-ring (bicyclic) bond motifs is 2. The molecule has 4 rings (SSSR count). The van der Waals surface area contributed by atoms with E-state index in [-0.39, 0.29) is 5.97 Å². The van der Waals surface area contributed by atoms with Gasteiger partial charge in [0.25, 0.3) is 0 Å². The molecule has 0 aliphatic heterocycles. The largest absolute Gasteiger partial charge is 0.464 e. The molecule has 0 radical (unpaired) electrons. The first-order chi connectivity index (χ1) is 10.8. The molecule has 2 N–H and O–H groups in total. The van der Waals surface area contributed by atoms with Crippen molar-refractivity contribution in [1.29, 1.82) is 0 Å². The maximum Gasteiger partial charge on any atom is 0.355 e. The van der Waals surface area contributed by atoms with E-state index in [2.05, 4.69) is 16.0 Å². The summed E-state index contributed by atoms with van der Waals surface area (Å²) in [5.74, 6) is -0.371. The van der Waals surface area contributed by atoms with Gasteiger partial charge in [0.05, 0.1) is 7.11 Å². The molecule has 0 atom stereocenters. The number of H-pyrrole nitrogens is 2. The number of nitrogens with one attached hydrogen (secondary N) is 2. The van der Waals surface area contributed by atoms with E-state index < -0.39 is 0 Å². The lowest BCUT2D eigenvalue weighted by Crippen LogP contribution is -2.03. The van der Waals surface area contributed by atoms with E-state index in [1.165, 1.54) is 7.11 Å². The van der Waals surface area contributed by atoms with E-state index >= 15 is 0 Å². The second-order valence-electron chi connectivity index (χ2n) is 5.18. The number of carbonyl (C=O) groups excluding carboxylic acids is 1. The van der Waals surface area contributed by atoms with Crippen molar-refractivity contribution in [3.63, 3.8) is 0 Å². The Morgan fingerprint density at radius 2 is 1.68 bits per heavy atom. The highest BCUT2D eigenvalue weighted by atomic mass is 16.5. The zero-order chi connectivity index (χ0) is 15.1. The standard InChI is InChI=1S/C18H14N2O2/c1-22-18(21)17-16(12-7-3-5-9-14(12)20-17)15-10-11-6-2-4-8-13(11)19-15/h2-10,19-20H,1H3. The van der Waals surface area contributed by atoms with Crippen molar-refractivity contribution in [3.8, 4) is 11.3 Å². The molecule has 0 aliphatic rings. The fraction of sp³-hybridized carbons (Fsp3) is 0.0556. The van der Waals surface area contributed by atoms with Crippen LogP contribution in [-0.2, 0) is 4.74 Å². The fourth-order valence-electron chi connectivity index (χ4n) is 2.88. The average molecular weight is 290 g/mol. The lowest BCUT2D eigenvalue weighted by molar-refractivity contribution is 0.0596. The third-order valence-electron chi connectivity index (χ3n) is 3.89. The van der Waals surface area contributed by atoms with Crippen molar-refractivity contribution in [3.05, 3.63) is 60.3 Å². The minimum atomic E-state index is -0.371. The molecule has 4 heteroatoms. The predicted octanol–water partition coefficient (Wildman–Crippen LogP) is 4.10. The Labute approximate surface area is 126 Å². The van der Waals surface area contributed by atoms with Gasteiger partial charge in [-0.25, -0.2) is 4.79 Å². The van der Waals surface area contributed by atoms with Crippen LogP contribution in [0.2, 0.25) is 0 Å². The number of aromatic amines is 2. The quantitative estimate of drug-likeness (QED) is 0.546. The molecular weight excluding hydrogens is 276 g/mol. The maximum absolute atomic E-state index is 12.1. The third kappa shape index (κ3) is 1.81. The summed E-state index contributed by atoms with van der Waals surface area (Å²) in [4.78, 5) is 18.7. The van der Waals surface area contributed by atoms with Gasteiger partial charge < -0.3 is 14.7 Å². The molecule has 0 aliphatic carbocycles. The first-order valence-electron chi connectivity index (χ1n) is 7.05. The summed E-state index contributed by atoms with van der Waals surface area (Å²) in [5, 5.41) is 2.10. The highest BCUT2D eigenvalue weighted by molar-refractivity contribution is 6.08. The minimum absolute atomic E-state index is 0.371. The molecule has 0 bridgehead atoms. The highest BCUT2D eigenvalue weighted by Gasteiger charge is 2.20. The van der Waals surface area contributed by atoms with Gasteiger partial charge in [-0.2, -0.15) is 0 Å². The number of aromatic nitrogens is 2. The lowest BCUT2D eigenvalue weighted by Gasteiger charge is -2.01. The van der Waals surface area contributed by atoms with Crippen LogP contribution in [0.15, 0.2) is 54.6 Å². The number of rotatable bonds is 2. The summed E-state index contributed by atoms with van der Waals surface area (Å²) < 4.78 is 4.92. The summed E-state index contributed by atoms with van der Waals surface area (Å²) in [5.41, 5.74) is 4.17. The number of methoxy groups -OCH3 is 1. The third-order valence-corrected chi connectivity index (χ3v) is 3.89. The molecule has 4 aromatic rings. The van der Waals surface area contributed by atoms with E-state index in [1.807, 2.05) is 48.5 Å². The Bertz CT molecular complexity index is 962. The van der Waals surface area contributed by atoms with Crippen molar-refractivity contribution >= 4 is 27.8 Å². The van der Waals surface area contributed by atoms with Crippen molar-refractivity contribution < 1.29 is 9.53 Å². The van der Waals surface area contributed by atoms with Crippen LogP contribution in [0.5, 0.6) is 0 Å². The molecule has 0 unspecified atom stereocenters. The molecule has 4 nitrogen and oxygen atoms in total. The Balaban J connectivity index is 2.05. The number of hydrogen-bond donors (Lipinski definition) is 2. The summed E-state index contributed by atoms with van der Waals surface area (Å²) in [7, 11) is 1.39. The van der Waals surface area contributed by atoms with E-state index in [0.717, 1.165) is 33.1 Å². The minimum Gasteiger partial charge on any atom is -0.464 e. The van der Waals surface area contributed by atoms with Crippen LogP contribution in [0.25, 0.3) is 33.1 Å². The first kappa shape index (κ1) is 12.7. The summed E-state index contributed by atoms with van der Waals surface area (Å²) >= 11 is 0. The number of ether oxygens (including phenoxy) is 1. The van der Waals surface area contributed by atoms with Crippen LogP contribution in [0, 0.1) is 0 Å². The van der Waals surface area contributed by atoms with Crippen molar-refractivity contribution in [2.45, 2.75) is 0 Å². The van der Waals surface area contributed by atoms with Crippen LogP contribution in [0.3, 0.4) is 0 Å². The molecule has 0 saturated carbocycles. The van der Waals surface area contributed by atoms with Crippen LogP contribution < -0.4 is 0 Å². The van der Waals surface area contributed by atoms with Gasteiger partial charge in [-0.05, 0) is 18.2 Å². The van der Waals surface area contributed by atoms with Crippen LogP contribution in [-0.4, -0.2) is 23.0 Å². The van der Waals surface area contributed by atoms with E-state index in [0.29, 0.717) is 5.69 Å². The predicted molar refractivity (Wildman–Crippen MR) is 86.9 cm³/mol. The zero-order valence-corrected chi connectivity index (χ0v) is 12.0. The second kappa shape index (κ2) is 4.77. The summed E-state index contributed by atoms with van der Waals surface area (Å²) in [6.45, 7) is 0. The lowest BCUT2D eigenvalue weighted by atomic mass is 10.1. The highest BCUT2D eigenvalue weighted by Crippen LogP contribution is 2.34. The van der Waals surface area contributed by atoms with Crippen LogP contribution in [0.4, 0.5) is 0 Å². The molecule has 0 fully saturated rings. The second-order valence-corrected chi connectivity index (χ2v) is 5.18. The normalized spacial score (nSPS) is 11.1. The number of esters is 1.